The van der Waals surface area contributed by atoms with E-state index in [0.717, 1.165) is 42.5 Å². The number of thiophene rings is 1. The first-order valence-electron chi connectivity index (χ1n) is 10.4. The zero-order valence-electron chi connectivity index (χ0n) is 18.3. The fourth-order valence-electron chi connectivity index (χ4n) is 3.48. The third-order valence-corrected chi connectivity index (χ3v) is 7.13. The Hall–Kier alpha value is -2.81. The molecule has 8 heteroatoms. The molecule has 0 saturated carbocycles. The average Bonchev–Trinajstić information content (AvgIpc) is 3.15. The second kappa shape index (κ2) is 10.7. The van der Waals surface area contributed by atoms with Crippen LogP contribution in [0.5, 0.6) is 11.5 Å². The van der Waals surface area contributed by atoms with Gasteiger partial charge in [-0.2, -0.15) is 10.5 Å². The molecule has 0 unspecified atom stereocenters. The normalized spacial score (nSPS) is 14.0. The molecule has 1 N–H and O–H groups in total. The Kier molecular flexibility index (Phi) is 7.95. The third kappa shape index (κ3) is 5.15. The number of ether oxygens (including phenoxy) is 2. The lowest BCUT2D eigenvalue weighted by atomic mass is 9.96. The molecule has 3 rings (SSSR count). The van der Waals surface area contributed by atoms with E-state index in [2.05, 4.69) is 27.3 Å². The molecule has 32 heavy (non-hydrogen) atoms. The predicted molar refractivity (Wildman–Crippen MR) is 129 cm³/mol. The number of anilines is 1. The SMILES string of the molecule is CC[C@H](C)Oc1c(Br)cc(/C=C(\C#N)C(=O)Nc2sc3c(c2C#N)CCCC3)cc1OC. The van der Waals surface area contributed by atoms with E-state index in [1.165, 1.54) is 17.4 Å². The number of amides is 1. The van der Waals surface area contributed by atoms with Crippen LogP contribution in [0.3, 0.4) is 0 Å². The summed E-state index contributed by atoms with van der Waals surface area (Å²) in [6.45, 7) is 4.00. The largest absolute Gasteiger partial charge is 0.493 e. The Bertz CT molecular complexity index is 1140. The van der Waals surface area contributed by atoms with Crippen LogP contribution in [0, 0.1) is 22.7 Å². The van der Waals surface area contributed by atoms with Crippen LogP contribution in [0.15, 0.2) is 22.2 Å². The number of nitrogens with one attached hydrogen (secondary N) is 1. The van der Waals surface area contributed by atoms with Gasteiger partial charge < -0.3 is 14.8 Å². The highest BCUT2D eigenvalue weighted by atomic mass is 79.9. The average molecular weight is 514 g/mol. The first-order valence-corrected chi connectivity index (χ1v) is 12.0. The lowest BCUT2D eigenvalue weighted by Crippen LogP contribution is -2.13. The van der Waals surface area contributed by atoms with Crippen molar-refractivity contribution in [2.24, 2.45) is 0 Å². The van der Waals surface area contributed by atoms with Gasteiger partial charge in [-0.15, -0.1) is 11.3 Å². The van der Waals surface area contributed by atoms with Gasteiger partial charge in [0, 0.05) is 4.88 Å². The number of halogens is 1. The summed E-state index contributed by atoms with van der Waals surface area (Å²) >= 11 is 4.93. The van der Waals surface area contributed by atoms with E-state index < -0.39 is 5.91 Å². The van der Waals surface area contributed by atoms with E-state index in [4.69, 9.17) is 9.47 Å². The minimum atomic E-state index is -0.544. The Morgan fingerprint density at radius 1 is 1.34 bits per heavy atom. The molecule has 2 aromatic rings. The standard InChI is InChI=1S/C24H24BrN3O3S/c1-4-14(2)31-22-19(25)10-15(11-20(22)30-3)9-16(12-26)23(29)28-24-18(13-27)17-7-5-6-8-21(17)32-24/h9-11,14H,4-8H2,1-3H3,(H,28,29)/b16-9+/t14-/m0/s1. The highest BCUT2D eigenvalue weighted by molar-refractivity contribution is 9.10. The quantitative estimate of drug-likeness (QED) is 0.362. The van der Waals surface area contributed by atoms with Gasteiger partial charge in [-0.1, -0.05) is 6.92 Å². The number of carbonyl (C=O) groups is 1. The second-order valence-electron chi connectivity index (χ2n) is 7.52. The van der Waals surface area contributed by atoms with E-state index in [1.54, 1.807) is 19.2 Å². The van der Waals surface area contributed by atoms with Crippen LogP contribution in [0.1, 0.15) is 54.7 Å². The van der Waals surface area contributed by atoms with Gasteiger partial charge in [0.1, 0.15) is 22.7 Å². The number of rotatable bonds is 7. The number of hydrogen-bond acceptors (Lipinski definition) is 6. The van der Waals surface area contributed by atoms with Crippen LogP contribution in [0.4, 0.5) is 5.00 Å². The maximum Gasteiger partial charge on any atom is 0.266 e. The van der Waals surface area contributed by atoms with Crippen molar-refractivity contribution in [1.82, 2.24) is 0 Å². The summed E-state index contributed by atoms with van der Waals surface area (Å²) in [5.74, 6) is 0.531. The molecule has 1 aromatic carbocycles. The predicted octanol–water partition coefficient (Wildman–Crippen LogP) is 5.99. The maximum atomic E-state index is 12.8. The molecule has 0 saturated heterocycles. The molecule has 0 radical (unpaired) electrons. The van der Waals surface area contributed by atoms with Gasteiger partial charge in [0.25, 0.3) is 5.91 Å². The molecule has 1 atom stereocenters. The van der Waals surface area contributed by atoms with Crippen molar-refractivity contribution in [3.05, 3.63) is 43.7 Å². The molecule has 0 spiro atoms. The minimum absolute atomic E-state index is 0.00740. The molecule has 1 aliphatic rings. The molecular weight excluding hydrogens is 490 g/mol. The van der Waals surface area contributed by atoms with Gasteiger partial charge in [0.15, 0.2) is 11.5 Å². The van der Waals surface area contributed by atoms with Crippen LogP contribution in [0.25, 0.3) is 6.08 Å². The van der Waals surface area contributed by atoms with Crippen molar-refractivity contribution in [3.63, 3.8) is 0 Å². The van der Waals surface area contributed by atoms with Crippen LogP contribution < -0.4 is 14.8 Å². The molecular formula is C24H24BrN3O3S. The topological polar surface area (TPSA) is 95.1 Å². The van der Waals surface area contributed by atoms with Gasteiger partial charge in [-0.05, 0) is 84.3 Å². The summed E-state index contributed by atoms with van der Waals surface area (Å²) in [6, 6.07) is 7.68. The zero-order valence-corrected chi connectivity index (χ0v) is 20.7. The molecule has 1 amide bonds. The summed E-state index contributed by atoms with van der Waals surface area (Å²) < 4.78 is 12.1. The van der Waals surface area contributed by atoms with Gasteiger partial charge in [-0.25, -0.2) is 0 Å². The molecule has 0 bridgehead atoms. The number of benzene rings is 1. The van der Waals surface area contributed by atoms with E-state index in [1.807, 2.05) is 19.9 Å². The Labute approximate surface area is 200 Å². The highest BCUT2D eigenvalue weighted by Crippen LogP contribution is 2.39. The molecule has 0 aliphatic heterocycles. The maximum absolute atomic E-state index is 12.8. The molecule has 0 fully saturated rings. The molecule has 1 aliphatic carbocycles. The van der Waals surface area contributed by atoms with Crippen molar-refractivity contribution in [3.8, 4) is 23.6 Å². The van der Waals surface area contributed by atoms with Gasteiger partial charge in [0.05, 0.1) is 23.2 Å². The van der Waals surface area contributed by atoms with Crippen molar-refractivity contribution in [1.29, 1.82) is 10.5 Å². The number of fused-ring (bicyclic) bond motifs is 1. The number of hydrogen-bond donors (Lipinski definition) is 1. The van der Waals surface area contributed by atoms with Gasteiger partial charge in [-0.3, -0.25) is 4.79 Å². The fraction of sp³-hybridized carbons (Fsp3) is 0.375. The van der Waals surface area contributed by atoms with Crippen molar-refractivity contribution in [2.45, 2.75) is 52.1 Å². The third-order valence-electron chi connectivity index (χ3n) is 5.33. The van der Waals surface area contributed by atoms with Gasteiger partial charge >= 0.3 is 0 Å². The van der Waals surface area contributed by atoms with Crippen LogP contribution in [-0.2, 0) is 17.6 Å². The van der Waals surface area contributed by atoms with E-state index in [9.17, 15) is 15.3 Å². The number of nitriles is 2. The first kappa shape index (κ1) is 23.8. The van der Waals surface area contributed by atoms with Crippen molar-refractivity contribution < 1.29 is 14.3 Å². The number of nitrogens with zero attached hydrogens (tertiary/aromatic N) is 2. The van der Waals surface area contributed by atoms with E-state index in [0.29, 0.717) is 32.1 Å². The van der Waals surface area contributed by atoms with Crippen LogP contribution in [0.2, 0.25) is 0 Å². The lowest BCUT2D eigenvalue weighted by molar-refractivity contribution is -0.112. The highest BCUT2D eigenvalue weighted by Gasteiger charge is 2.23. The summed E-state index contributed by atoms with van der Waals surface area (Å²) in [5.41, 5.74) is 2.10. The smallest absolute Gasteiger partial charge is 0.266 e. The van der Waals surface area contributed by atoms with E-state index >= 15 is 0 Å². The second-order valence-corrected chi connectivity index (χ2v) is 9.48. The fourth-order valence-corrected chi connectivity index (χ4v) is 5.27. The Balaban J connectivity index is 1.89. The monoisotopic (exact) mass is 513 g/mol. The van der Waals surface area contributed by atoms with Crippen molar-refractivity contribution >= 4 is 44.3 Å². The number of aryl methyl sites for hydroxylation is 1. The number of carbonyl (C=O) groups excluding carboxylic acids is 1. The summed E-state index contributed by atoms with van der Waals surface area (Å²) in [6.07, 6.45) is 6.25. The van der Waals surface area contributed by atoms with Crippen molar-refractivity contribution in [2.75, 3.05) is 12.4 Å². The van der Waals surface area contributed by atoms with E-state index in [-0.39, 0.29) is 11.7 Å². The summed E-state index contributed by atoms with van der Waals surface area (Å²) in [7, 11) is 1.54. The lowest BCUT2D eigenvalue weighted by Gasteiger charge is -2.17. The molecule has 1 heterocycles. The van der Waals surface area contributed by atoms with Crippen LogP contribution >= 0.6 is 27.3 Å². The van der Waals surface area contributed by atoms with Gasteiger partial charge in [0.2, 0.25) is 0 Å². The summed E-state index contributed by atoms with van der Waals surface area (Å²) in [4.78, 5) is 14.0. The number of methoxy groups -OCH3 is 1. The summed E-state index contributed by atoms with van der Waals surface area (Å²) in [5, 5.41) is 22.5. The molecule has 6 nitrogen and oxygen atoms in total. The minimum Gasteiger partial charge on any atom is -0.493 e. The molecule has 1 aromatic heterocycles. The Morgan fingerprint density at radius 2 is 2.09 bits per heavy atom. The zero-order chi connectivity index (χ0) is 23.3. The van der Waals surface area contributed by atoms with Crippen LogP contribution in [-0.4, -0.2) is 19.1 Å². The molecule has 166 valence electrons. The first-order chi connectivity index (χ1) is 15.4. The Morgan fingerprint density at radius 3 is 2.75 bits per heavy atom.